The second-order valence-corrected chi connectivity index (χ2v) is 2.26. The maximum absolute atomic E-state index is 12.0. The Kier molecular flexibility index (Phi) is 2.34. The standard InChI is InChI=1S/C5H7F4NO/c6-4(7)5(8,9)11-3-1-10-2-3/h3-4,10H,1-2H2. The SMILES string of the molecule is FC(F)C(F)(F)OC1CNC1. The van der Waals surface area contributed by atoms with Crippen molar-refractivity contribution in [3.63, 3.8) is 0 Å². The molecule has 6 heteroatoms. The summed E-state index contributed by atoms with van der Waals surface area (Å²) in [5.74, 6) is 0. The van der Waals surface area contributed by atoms with E-state index in [1.165, 1.54) is 0 Å². The number of rotatable bonds is 3. The topological polar surface area (TPSA) is 21.3 Å². The van der Waals surface area contributed by atoms with Gasteiger partial charge in [-0.1, -0.05) is 0 Å². The van der Waals surface area contributed by atoms with Crippen molar-refractivity contribution in [2.75, 3.05) is 13.1 Å². The molecule has 1 aliphatic heterocycles. The van der Waals surface area contributed by atoms with Gasteiger partial charge in [-0.3, -0.25) is 0 Å². The van der Waals surface area contributed by atoms with Gasteiger partial charge >= 0.3 is 12.5 Å². The lowest BCUT2D eigenvalue weighted by atomic mass is 10.2. The first-order valence-corrected chi connectivity index (χ1v) is 3.07. The van der Waals surface area contributed by atoms with Gasteiger partial charge in [0.2, 0.25) is 0 Å². The van der Waals surface area contributed by atoms with Gasteiger partial charge in [0.1, 0.15) is 0 Å². The van der Waals surface area contributed by atoms with Crippen molar-refractivity contribution >= 4 is 0 Å². The van der Waals surface area contributed by atoms with Crippen LogP contribution in [0.25, 0.3) is 0 Å². The van der Waals surface area contributed by atoms with E-state index in [2.05, 4.69) is 10.1 Å². The van der Waals surface area contributed by atoms with E-state index in [0.717, 1.165) is 0 Å². The first-order chi connectivity index (χ1) is 5.02. The van der Waals surface area contributed by atoms with Crippen LogP contribution in [-0.2, 0) is 4.74 Å². The number of ether oxygens (including phenoxy) is 1. The fourth-order valence-electron chi connectivity index (χ4n) is 0.619. The van der Waals surface area contributed by atoms with E-state index in [0.29, 0.717) is 0 Å². The Hall–Kier alpha value is -0.360. The van der Waals surface area contributed by atoms with Gasteiger partial charge in [-0.05, 0) is 0 Å². The summed E-state index contributed by atoms with van der Waals surface area (Å²) in [5, 5.41) is 2.62. The van der Waals surface area contributed by atoms with E-state index in [-0.39, 0.29) is 13.1 Å². The van der Waals surface area contributed by atoms with Crippen LogP contribution in [0, 0.1) is 0 Å². The van der Waals surface area contributed by atoms with Gasteiger partial charge in [-0.25, -0.2) is 8.78 Å². The second kappa shape index (κ2) is 2.94. The van der Waals surface area contributed by atoms with Crippen LogP contribution >= 0.6 is 0 Å². The fraction of sp³-hybridized carbons (Fsp3) is 1.00. The molecular weight excluding hydrogens is 166 g/mol. The minimum absolute atomic E-state index is 0.211. The lowest BCUT2D eigenvalue weighted by Crippen LogP contribution is -2.52. The molecule has 0 aromatic rings. The predicted octanol–water partition coefficient (Wildman–Crippen LogP) is 0.833. The molecule has 0 amide bonds. The molecule has 1 rings (SSSR count). The quantitative estimate of drug-likeness (QED) is 0.638. The zero-order valence-electron chi connectivity index (χ0n) is 5.49. The Morgan fingerprint density at radius 3 is 2.18 bits per heavy atom. The molecule has 0 aliphatic carbocycles. The normalized spacial score (nSPS) is 20.5. The van der Waals surface area contributed by atoms with E-state index in [9.17, 15) is 17.6 Å². The van der Waals surface area contributed by atoms with E-state index < -0.39 is 18.6 Å². The van der Waals surface area contributed by atoms with Crippen molar-refractivity contribution in [3.05, 3.63) is 0 Å². The van der Waals surface area contributed by atoms with Crippen molar-refractivity contribution in [2.24, 2.45) is 0 Å². The van der Waals surface area contributed by atoms with Crippen LogP contribution in [-0.4, -0.2) is 31.7 Å². The Labute approximate surface area is 60.5 Å². The highest BCUT2D eigenvalue weighted by Crippen LogP contribution is 2.26. The molecule has 11 heavy (non-hydrogen) atoms. The number of hydrogen-bond donors (Lipinski definition) is 1. The van der Waals surface area contributed by atoms with Crippen LogP contribution in [0.1, 0.15) is 0 Å². The molecule has 0 unspecified atom stereocenters. The number of halogens is 4. The second-order valence-electron chi connectivity index (χ2n) is 2.26. The summed E-state index contributed by atoms with van der Waals surface area (Å²) in [4.78, 5) is 0. The number of alkyl halides is 4. The number of nitrogens with one attached hydrogen (secondary N) is 1. The molecule has 1 fully saturated rings. The molecule has 0 bridgehead atoms. The molecule has 0 atom stereocenters. The van der Waals surface area contributed by atoms with Gasteiger partial charge in [-0.2, -0.15) is 8.78 Å². The van der Waals surface area contributed by atoms with Gasteiger partial charge in [0, 0.05) is 13.1 Å². The minimum atomic E-state index is -4.30. The van der Waals surface area contributed by atoms with Crippen LogP contribution in [0.4, 0.5) is 17.6 Å². The number of hydrogen-bond acceptors (Lipinski definition) is 2. The average molecular weight is 173 g/mol. The first kappa shape index (κ1) is 8.73. The lowest BCUT2D eigenvalue weighted by molar-refractivity contribution is -0.322. The molecule has 0 aromatic carbocycles. The van der Waals surface area contributed by atoms with Crippen LogP contribution in [0.2, 0.25) is 0 Å². The molecule has 66 valence electrons. The minimum Gasteiger partial charge on any atom is -0.311 e. The Morgan fingerprint density at radius 2 is 1.91 bits per heavy atom. The smallest absolute Gasteiger partial charge is 0.311 e. The highest BCUT2D eigenvalue weighted by Gasteiger charge is 2.45. The molecule has 2 nitrogen and oxygen atoms in total. The van der Waals surface area contributed by atoms with Crippen molar-refractivity contribution < 1.29 is 22.3 Å². The van der Waals surface area contributed by atoms with Crippen LogP contribution in [0.15, 0.2) is 0 Å². The summed E-state index contributed by atoms with van der Waals surface area (Å²) in [6.45, 7) is 0.421. The van der Waals surface area contributed by atoms with Crippen molar-refractivity contribution in [2.45, 2.75) is 18.6 Å². The molecule has 1 heterocycles. The van der Waals surface area contributed by atoms with Gasteiger partial charge in [0.05, 0.1) is 6.10 Å². The third-order valence-electron chi connectivity index (χ3n) is 1.32. The largest absolute Gasteiger partial charge is 0.416 e. The van der Waals surface area contributed by atoms with Crippen molar-refractivity contribution in [3.8, 4) is 0 Å². The predicted molar refractivity (Wildman–Crippen MR) is 28.7 cm³/mol. The summed E-state index contributed by atoms with van der Waals surface area (Å²) >= 11 is 0. The van der Waals surface area contributed by atoms with Gasteiger partial charge in [0.15, 0.2) is 0 Å². The van der Waals surface area contributed by atoms with Crippen LogP contribution in [0.3, 0.4) is 0 Å². The molecule has 0 spiro atoms. The molecule has 0 radical (unpaired) electrons. The molecule has 1 aliphatic rings. The molecule has 0 saturated carbocycles. The highest BCUT2D eigenvalue weighted by molar-refractivity contribution is 4.77. The lowest BCUT2D eigenvalue weighted by Gasteiger charge is -2.30. The van der Waals surface area contributed by atoms with Crippen LogP contribution in [0.5, 0.6) is 0 Å². The zero-order valence-corrected chi connectivity index (χ0v) is 5.49. The van der Waals surface area contributed by atoms with E-state index in [1.54, 1.807) is 0 Å². The molecule has 0 aromatic heterocycles. The fourth-order valence-corrected chi connectivity index (χ4v) is 0.619. The summed E-state index contributed by atoms with van der Waals surface area (Å²) in [6.07, 6.45) is -8.82. The summed E-state index contributed by atoms with van der Waals surface area (Å²) in [5.41, 5.74) is 0. The molecular formula is C5H7F4NO. The monoisotopic (exact) mass is 173 g/mol. The molecule has 1 N–H and O–H groups in total. The van der Waals surface area contributed by atoms with Gasteiger partial charge < -0.3 is 10.1 Å². The van der Waals surface area contributed by atoms with Gasteiger partial charge in [-0.15, -0.1) is 0 Å². The van der Waals surface area contributed by atoms with E-state index >= 15 is 0 Å². The molecule has 1 saturated heterocycles. The van der Waals surface area contributed by atoms with E-state index in [1.807, 2.05) is 0 Å². The third-order valence-corrected chi connectivity index (χ3v) is 1.32. The maximum atomic E-state index is 12.0. The zero-order chi connectivity index (χ0) is 8.48. The summed E-state index contributed by atoms with van der Waals surface area (Å²) < 4.78 is 50.7. The van der Waals surface area contributed by atoms with Crippen LogP contribution < -0.4 is 5.32 Å². The Morgan fingerprint density at radius 1 is 1.36 bits per heavy atom. The maximum Gasteiger partial charge on any atom is 0.416 e. The third kappa shape index (κ3) is 2.03. The first-order valence-electron chi connectivity index (χ1n) is 3.07. The average Bonchev–Trinajstić information content (AvgIpc) is 1.79. The Bertz CT molecular complexity index is 136. The van der Waals surface area contributed by atoms with Crippen molar-refractivity contribution in [1.82, 2.24) is 5.32 Å². The summed E-state index contributed by atoms with van der Waals surface area (Å²) in [7, 11) is 0. The highest BCUT2D eigenvalue weighted by atomic mass is 19.3. The van der Waals surface area contributed by atoms with E-state index in [4.69, 9.17) is 0 Å². The Balaban J connectivity index is 2.32. The van der Waals surface area contributed by atoms with Gasteiger partial charge in [0.25, 0.3) is 0 Å². The summed E-state index contributed by atoms with van der Waals surface area (Å²) in [6, 6.07) is 0. The van der Waals surface area contributed by atoms with Crippen molar-refractivity contribution in [1.29, 1.82) is 0 Å².